The van der Waals surface area contributed by atoms with Gasteiger partial charge in [-0.05, 0) is 19.9 Å². The van der Waals surface area contributed by atoms with Crippen LogP contribution in [0.25, 0.3) is 0 Å². The van der Waals surface area contributed by atoms with E-state index in [0.29, 0.717) is 0 Å². The quantitative estimate of drug-likeness (QED) is 0.436. The third kappa shape index (κ3) is 5.14. The Morgan fingerprint density at radius 2 is 2.05 bits per heavy atom. The molecule has 6 nitrogen and oxygen atoms in total. The summed E-state index contributed by atoms with van der Waals surface area (Å²) in [7, 11) is 0. The first-order chi connectivity index (χ1) is 9.16. The second kappa shape index (κ2) is 7.81. The van der Waals surface area contributed by atoms with Crippen LogP contribution in [0.3, 0.4) is 0 Å². The van der Waals surface area contributed by atoms with E-state index in [-0.39, 0.29) is 18.0 Å². The Kier molecular flexibility index (Phi) is 7.16. The molecule has 0 aromatic carbocycles. The number of aliphatic imine (C=N–C) groups is 1. The third-order valence-electron chi connectivity index (χ3n) is 2.37. The summed E-state index contributed by atoms with van der Waals surface area (Å²) < 4.78 is 29.7. The monoisotopic (exact) mass is 292 g/mol. The van der Waals surface area contributed by atoms with Crippen molar-refractivity contribution in [3.8, 4) is 0 Å². The molecule has 1 aliphatic rings. The highest BCUT2D eigenvalue weighted by molar-refractivity contribution is 5.99. The maximum atomic E-state index is 12.6. The lowest BCUT2D eigenvalue weighted by Crippen LogP contribution is -2.39. The molecule has 0 bridgehead atoms. The van der Waals surface area contributed by atoms with Crippen LogP contribution in [-0.2, 0) is 14.3 Å². The van der Waals surface area contributed by atoms with Crippen LogP contribution in [0.2, 0.25) is 0 Å². The van der Waals surface area contributed by atoms with Gasteiger partial charge in [0.15, 0.2) is 12.4 Å². The first kappa shape index (κ1) is 18.3. The zero-order valence-corrected chi connectivity index (χ0v) is 11.4. The van der Waals surface area contributed by atoms with Gasteiger partial charge >= 0.3 is 5.92 Å². The van der Waals surface area contributed by atoms with Gasteiger partial charge in [-0.1, -0.05) is 6.08 Å². The molecule has 1 saturated heterocycles. The molecule has 0 saturated carbocycles. The number of nitrogens with zero attached hydrogens (tertiary/aromatic N) is 1. The van der Waals surface area contributed by atoms with Gasteiger partial charge in [-0.25, -0.2) is 8.78 Å². The zero-order chi connectivity index (χ0) is 15.9. The van der Waals surface area contributed by atoms with Crippen molar-refractivity contribution in [3.05, 3.63) is 12.2 Å². The molecule has 8 heteroatoms. The largest absolute Gasteiger partial charge is 0.384 e. The Labute approximate surface area is 115 Å². The van der Waals surface area contributed by atoms with Crippen LogP contribution in [0.1, 0.15) is 20.8 Å². The second-order valence-corrected chi connectivity index (χ2v) is 4.05. The number of ether oxygens (including phenoxy) is 1. The van der Waals surface area contributed by atoms with E-state index in [9.17, 15) is 18.4 Å². The van der Waals surface area contributed by atoms with Crippen LogP contribution in [0.4, 0.5) is 8.78 Å². The maximum absolute atomic E-state index is 12.6. The maximum Gasteiger partial charge on any atom is 0.301 e. The van der Waals surface area contributed by atoms with E-state index in [2.05, 4.69) is 9.73 Å². The van der Waals surface area contributed by atoms with Crippen LogP contribution < -0.4 is 5.73 Å². The second-order valence-electron chi connectivity index (χ2n) is 4.05. The van der Waals surface area contributed by atoms with Gasteiger partial charge in [0.25, 0.3) is 0 Å². The molecule has 114 valence electrons. The number of aldehydes is 1. The van der Waals surface area contributed by atoms with Crippen LogP contribution in [0.5, 0.6) is 0 Å². The van der Waals surface area contributed by atoms with Crippen molar-refractivity contribution in [1.82, 2.24) is 0 Å². The molecular weight excluding hydrogens is 274 g/mol. The minimum atomic E-state index is -3.31. The average Bonchev–Trinajstić information content (AvgIpc) is 2.52. The highest BCUT2D eigenvalue weighted by atomic mass is 19.3. The van der Waals surface area contributed by atoms with Gasteiger partial charge in [-0.15, -0.1) is 0 Å². The fourth-order valence-corrected chi connectivity index (χ4v) is 1.36. The smallest absolute Gasteiger partial charge is 0.301 e. The molecule has 0 spiro atoms. The summed E-state index contributed by atoms with van der Waals surface area (Å²) in [6, 6.07) is 0. The van der Waals surface area contributed by atoms with E-state index < -0.39 is 24.2 Å². The molecular formula is C12H18F2N2O4. The molecule has 1 fully saturated rings. The topological polar surface area (TPSA) is 102 Å². The normalized spacial score (nSPS) is 28.9. The number of carbonyl (C=O) groups is 2. The fourth-order valence-electron chi connectivity index (χ4n) is 1.36. The molecule has 0 aromatic rings. The molecule has 1 heterocycles. The van der Waals surface area contributed by atoms with E-state index in [4.69, 9.17) is 10.8 Å². The predicted octanol–water partition coefficient (Wildman–Crippen LogP) is 0.435. The molecule has 0 aliphatic carbocycles. The number of rotatable bonds is 2. The molecule has 20 heavy (non-hydrogen) atoms. The predicted molar refractivity (Wildman–Crippen MR) is 68.5 cm³/mol. The highest BCUT2D eigenvalue weighted by Crippen LogP contribution is 2.34. The summed E-state index contributed by atoms with van der Waals surface area (Å²) in [5.41, 5.74) is 5.23. The SMILES string of the molecule is C/C=C\C(N)=NC(C)=O.CC1OC(C=O)C(O)C1(F)F. The van der Waals surface area contributed by atoms with Gasteiger partial charge in [-0.3, -0.25) is 4.79 Å². The molecule has 1 aliphatic heterocycles. The lowest BCUT2D eigenvalue weighted by atomic mass is 10.1. The number of amidine groups is 1. The van der Waals surface area contributed by atoms with Gasteiger partial charge in [0, 0.05) is 6.92 Å². The first-order valence-corrected chi connectivity index (χ1v) is 5.80. The van der Waals surface area contributed by atoms with E-state index in [1.54, 1.807) is 12.2 Å². The Bertz CT molecular complexity index is 410. The minimum absolute atomic E-state index is 0.183. The number of carbonyl (C=O) groups excluding carboxylic acids is 2. The van der Waals surface area contributed by atoms with Crippen molar-refractivity contribution < 1.29 is 28.2 Å². The molecule has 3 unspecified atom stereocenters. The van der Waals surface area contributed by atoms with Gasteiger partial charge < -0.3 is 20.4 Å². The van der Waals surface area contributed by atoms with Crippen molar-refractivity contribution in [2.45, 2.75) is 45.0 Å². The average molecular weight is 292 g/mol. The fraction of sp³-hybridized carbons (Fsp3) is 0.583. The van der Waals surface area contributed by atoms with Crippen LogP contribution in [0.15, 0.2) is 17.1 Å². The van der Waals surface area contributed by atoms with Gasteiger partial charge in [0.1, 0.15) is 18.0 Å². The number of hydrogen-bond donors (Lipinski definition) is 2. The van der Waals surface area contributed by atoms with Crippen molar-refractivity contribution in [2.24, 2.45) is 10.7 Å². The van der Waals surface area contributed by atoms with E-state index in [1.165, 1.54) is 6.92 Å². The Morgan fingerprint density at radius 1 is 1.50 bits per heavy atom. The number of amides is 1. The molecule has 1 amide bonds. The van der Waals surface area contributed by atoms with E-state index in [1.807, 2.05) is 6.92 Å². The van der Waals surface area contributed by atoms with Crippen molar-refractivity contribution in [2.75, 3.05) is 0 Å². The standard InChI is InChI=1S/C6H8F2O3.C6H10N2O/c1-3-6(7,8)5(10)4(2-9)11-3;1-3-4-6(7)8-5(2)9/h2-5,10H,1H3;3-4H,1-2H3,(H2,7,8,9)/b;4-3-. The lowest BCUT2D eigenvalue weighted by molar-refractivity contribution is -0.121. The summed E-state index contributed by atoms with van der Waals surface area (Å²) in [5, 5.41) is 8.78. The summed E-state index contributed by atoms with van der Waals surface area (Å²) in [6.07, 6.45) is -1.31. The van der Waals surface area contributed by atoms with Crippen molar-refractivity contribution >= 4 is 18.0 Å². The Hall–Kier alpha value is -1.67. The molecule has 0 radical (unpaired) electrons. The zero-order valence-electron chi connectivity index (χ0n) is 11.4. The van der Waals surface area contributed by atoms with Gasteiger partial charge in [0.05, 0.1) is 0 Å². The minimum Gasteiger partial charge on any atom is -0.384 e. The molecule has 1 rings (SSSR count). The van der Waals surface area contributed by atoms with Crippen LogP contribution in [-0.4, -0.2) is 47.4 Å². The van der Waals surface area contributed by atoms with Gasteiger partial charge in [-0.2, -0.15) is 4.99 Å². The number of hydrogen-bond acceptors (Lipinski definition) is 4. The Balaban J connectivity index is 0.000000370. The Morgan fingerprint density at radius 3 is 2.30 bits per heavy atom. The number of aliphatic hydroxyl groups is 1. The number of nitrogens with two attached hydrogens (primary N) is 1. The van der Waals surface area contributed by atoms with E-state index >= 15 is 0 Å². The number of alkyl halides is 2. The van der Waals surface area contributed by atoms with Crippen LogP contribution >= 0.6 is 0 Å². The lowest BCUT2D eigenvalue weighted by Gasteiger charge is -2.15. The number of allylic oxidation sites excluding steroid dienone is 1. The summed E-state index contributed by atoms with van der Waals surface area (Å²) in [6.45, 7) is 4.28. The summed E-state index contributed by atoms with van der Waals surface area (Å²) in [5.74, 6) is -3.33. The third-order valence-corrected chi connectivity index (χ3v) is 2.37. The van der Waals surface area contributed by atoms with E-state index in [0.717, 1.165) is 6.92 Å². The van der Waals surface area contributed by atoms with Crippen molar-refractivity contribution in [3.63, 3.8) is 0 Å². The summed E-state index contributed by atoms with van der Waals surface area (Å²) in [4.78, 5) is 23.7. The first-order valence-electron chi connectivity index (χ1n) is 5.80. The van der Waals surface area contributed by atoms with Gasteiger partial charge in [0.2, 0.25) is 5.91 Å². The van der Waals surface area contributed by atoms with Crippen LogP contribution in [0, 0.1) is 0 Å². The molecule has 0 aromatic heterocycles. The summed E-state index contributed by atoms with van der Waals surface area (Å²) >= 11 is 0. The number of halogens is 2. The highest BCUT2D eigenvalue weighted by Gasteiger charge is 2.56. The van der Waals surface area contributed by atoms with Crippen molar-refractivity contribution in [1.29, 1.82) is 0 Å². The molecule has 3 N–H and O–H groups in total. The molecule has 3 atom stereocenters. The number of aliphatic hydroxyl groups excluding tert-OH is 1.